The number of carbonyl (C=O) groups is 3. The predicted octanol–water partition coefficient (Wildman–Crippen LogP) is 4.17. The zero-order valence-electron chi connectivity index (χ0n) is 18.7. The molecule has 0 bridgehead atoms. The van der Waals surface area contributed by atoms with Crippen LogP contribution < -0.4 is 10.2 Å². The number of hydrogen-bond donors (Lipinski definition) is 1. The second-order valence-electron chi connectivity index (χ2n) is 8.34. The quantitative estimate of drug-likeness (QED) is 0.729. The Morgan fingerprint density at radius 3 is 2.65 bits per heavy atom. The number of hydrogen-bond acceptors (Lipinski definition) is 3. The Kier molecular flexibility index (Phi) is 7.10. The third kappa shape index (κ3) is 5.32. The normalized spacial score (nSPS) is 16.8. The van der Waals surface area contributed by atoms with Gasteiger partial charge in [0.2, 0.25) is 17.7 Å². The van der Waals surface area contributed by atoms with Crippen molar-refractivity contribution in [2.24, 2.45) is 5.92 Å². The first-order chi connectivity index (χ1) is 14.8. The Balaban J connectivity index is 1.70. The molecule has 1 saturated heterocycles. The Labute approximate surface area is 184 Å². The van der Waals surface area contributed by atoms with E-state index >= 15 is 0 Å². The summed E-state index contributed by atoms with van der Waals surface area (Å²) in [5.41, 5.74) is 3.65. The highest BCUT2D eigenvalue weighted by atomic mass is 16.2. The van der Waals surface area contributed by atoms with Gasteiger partial charge in [0.1, 0.15) is 0 Å². The second-order valence-corrected chi connectivity index (χ2v) is 8.34. The molecule has 0 aromatic heterocycles. The second kappa shape index (κ2) is 9.77. The van der Waals surface area contributed by atoms with Gasteiger partial charge in [-0.05, 0) is 41.7 Å². The number of benzene rings is 2. The molecule has 164 valence electrons. The van der Waals surface area contributed by atoms with Crippen molar-refractivity contribution in [3.05, 3.63) is 59.7 Å². The number of para-hydroxylation sites is 1. The van der Waals surface area contributed by atoms with Gasteiger partial charge in [0.05, 0.1) is 5.92 Å². The van der Waals surface area contributed by atoms with Crippen LogP contribution in [0.5, 0.6) is 0 Å². The maximum absolute atomic E-state index is 12.9. The van der Waals surface area contributed by atoms with E-state index in [1.807, 2.05) is 42.5 Å². The Bertz CT molecular complexity index is 972. The van der Waals surface area contributed by atoms with Gasteiger partial charge >= 0.3 is 0 Å². The van der Waals surface area contributed by atoms with Crippen molar-refractivity contribution in [1.82, 2.24) is 4.90 Å². The smallest absolute Gasteiger partial charge is 0.229 e. The Hall–Kier alpha value is -3.15. The van der Waals surface area contributed by atoms with Crippen LogP contribution in [0.4, 0.5) is 11.4 Å². The lowest BCUT2D eigenvalue weighted by molar-refractivity contribution is -0.128. The van der Waals surface area contributed by atoms with Crippen molar-refractivity contribution >= 4 is 29.1 Å². The molecule has 31 heavy (non-hydrogen) atoms. The highest BCUT2D eigenvalue weighted by Crippen LogP contribution is 2.33. The molecule has 0 aliphatic carbocycles. The molecule has 1 aliphatic heterocycles. The van der Waals surface area contributed by atoms with Crippen molar-refractivity contribution in [1.29, 1.82) is 0 Å². The fraction of sp³-hybridized carbons (Fsp3) is 0.400. The van der Waals surface area contributed by atoms with Gasteiger partial charge in [-0.2, -0.15) is 0 Å². The summed E-state index contributed by atoms with van der Waals surface area (Å²) in [5, 5.41) is 2.95. The lowest BCUT2D eigenvalue weighted by Crippen LogP contribution is -2.29. The van der Waals surface area contributed by atoms with E-state index in [9.17, 15) is 14.4 Å². The summed E-state index contributed by atoms with van der Waals surface area (Å²) in [6, 6.07) is 15.4. The largest absolute Gasteiger partial charge is 0.342 e. The molecular weight excluding hydrogens is 390 g/mol. The molecule has 6 heteroatoms. The van der Waals surface area contributed by atoms with Gasteiger partial charge in [0, 0.05) is 44.9 Å². The average molecular weight is 422 g/mol. The van der Waals surface area contributed by atoms with E-state index in [1.54, 1.807) is 16.8 Å². The third-order valence-corrected chi connectivity index (χ3v) is 6.02. The molecule has 3 rings (SSSR count). The van der Waals surface area contributed by atoms with Crippen LogP contribution in [-0.2, 0) is 20.9 Å². The molecule has 0 radical (unpaired) electrons. The minimum Gasteiger partial charge on any atom is -0.342 e. The number of amides is 3. The van der Waals surface area contributed by atoms with Gasteiger partial charge in [-0.1, -0.05) is 44.2 Å². The van der Waals surface area contributed by atoms with E-state index in [4.69, 9.17) is 0 Å². The summed E-state index contributed by atoms with van der Waals surface area (Å²) < 4.78 is 0. The van der Waals surface area contributed by atoms with Crippen LogP contribution in [0.15, 0.2) is 48.5 Å². The first-order valence-electron chi connectivity index (χ1n) is 10.8. The van der Waals surface area contributed by atoms with Crippen LogP contribution in [0, 0.1) is 5.92 Å². The molecule has 1 fully saturated rings. The van der Waals surface area contributed by atoms with E-state index < -0.39 is 5.92 Å². The third-order valence-electron chi connectivity index (χ3n) is 6.02. The van der Waals surface area contributed by atoms with Gasteiger partial charge in [-0.3, -0.25) is 14.4 Å². The molecule has 1 heterocycles. The van der Waals surface area contributed by atoms with Crippen LogP contribution >= 0.6 is 0 Å². The fourth-order valence-electron chi connectivity index (χ4n) is 3.86. The molecule has 2 aromatic carbocycles. The summed E-state index contributed by atoms with van der Waals surface area (Å²) in [6.07, 6.45) is 1.19. The van der Waals surface area contributed by atoms with E-state index in [2.05, 4.69) is 25.2 Å². The van der Waals surface area contributed by atoms with E-state index in [-0.39, 0.29) is 24.1 Å². The Morgan fingerprint density at radius 2 is 1.94 bits per heavy atom. The lowest BCUT2D eigenvalue weighted by atomic mass is 9.96. The lowest BCUT2D eigenvalue weighted by Gasteiger charge is -2.23. The SMILES string of the molecule is CCC(C)c1ccccc1N1CC(C(=O)Nc2cccc(CN(C)C(C)=O)c2)CC1=O. The van der Waals surface area contributed by atoms with E-state index in [0.29, 0.717) is 24.7 Å². The van der Waals surface area contributed by atoms with E-state index in [1.165, 1.54) is 6.92 Å². The predicted molar refractivity (Wildman–Crippen MR) is 123 cm³/mol. The highest BCUT2D eigenvalue weighted by molar-refractivity contribution is 6.04. The first-order valence-corrected chi connectivity index (χ1v) is 10.8. The highest BCUT2D eigenvalue weighted by Gasteiger charge is 2.36. The maximum atomic E-state index is 12.9. The minimum absolute atomic E-state index is 0.0170. The maximum Gasteiger partial charge on any atom is 0.229 e. The minimum atomic E-state index is -0.402. The number of anilines is 2. The standard InChI is InChI=1S/C25H31N3O3/c1-5-17(2)22-11-6-7-12-23(22)28-16-20(14-24(28)30)25(31)26-21-10-8-9-19(13-21)15-27(4)18(3)29/h6-13,17,20H,5,14-16H2,1-4H3,(H,26,31). The van der Waals surface area contributed by atoms with E-state index in [0.717, 1.165) is 23.2 Å². The zero-order valence-corrected chi connectivity index (χ0v) is 18.7. The van der Waals surface area contributed by atoms with Gasteiger partial charge < -0.3 is 15.1 Å². The van der Waals surface area contributed by atoms with Crippen LogP contribution in [0.25, 0.3) is 0 Å². The van der Waals surface area contributed by atoms with Crippen molar-refractivity contribution in [2.45, 2.75) is 46.1 Å². The molecule has 6 nitrogen and oxygen atoms in total. The summed E-state index contributed by atoms with van der Waals surface area (Å²) in [5.74, 6) is -0.257. The van der Waals surface area contributed by atoms with Crippen LogP contribution in [0.3, 0.4) is 0 Å². The van der Waals surface area contributed by atoms with Crippen molar-refractivity contribution in [3.8, 4) is 0 Å². The number of nitrogens with one attached hydrogen (secondary N) is 1. The number of carbonyl (C=O) groups excluding carboxylic acids is 3. The molecule has 0 spiro atoms. The molecule has 2 aromatic rings. The van der Waals surface area contributed by atoms with Crippen LogP contribution in [0.2, 0.25) is 0 Å². The van der Waals surface area contributed by atoms with Crippen molar-refractivity contribution in [2.75, 3.05) is 23.8 Å². The summed E-state index contributed by atoms with van der Waals surface area (Å²) in [7, 11) is 1.74. The molecule has 0 saturated carbocycles. The monoisotopic (exact) mass is 421 g/mol. The topological polar surface area (TPSA) is 69.7 Å². The van der Waals surface area contributed by atoms with Gasteiger partial charge in [-0.25, -0.2) is 0 Å². The molecule has 3 amide bonds. The fourth-order valence-corrected chi connectivity index (χ4v) is 3.86. The summed E-state index contributed by atoms with van der Waals surface area (Å²) in [4.78, 5) is 40.5. The van der Waals surface area contributed by atoms with Crippen molar-refractivity contribution < 1.29 is 14.4 Å². The van der Waals surface area contributed by atoms with Crippen LogP contribution in [0.1, 0.15) is 50.7 Å². The molecule has 1 N–H and O–H groups in total. The van der Waals surface area contributed by atoms with Gasteiger partial charge in [0.15, 0.2) is 0 Å². The summed E-state index contributed by atoms with van der Waals surface area (Å²) >= 11 is 0. The van der Waals surface area contributed by atoms with Crippen molar-refractivity contribution in [3.63, 3.8) is 0 Å². The molecule has 2 atom stereocenters. The Morgan fingerprint density at radius 1 is 1.19 bits per heavy atom. The first kappa shape index (κ1) is 22.5. The zero-order chi connectivity index (χ0) is 22.5. The molecular formula is C25H31N3O3. The molecule has 1 aliphatic rings. The summed E-state index contributed by atoms with van der Waals surface area (Å²) in [6.45, 7) is 6.66. The van der Waals surface area contributed by atoms with Gasteiger partial charge in [0.25, 0.3) is 0 Å². The van der Waals surface area contributed by atoms with Crippen LogP contribution in [-0.4, -0.2) is 36.2 Å². The molecule has 2 unspecified atom stereocenters. The number of rotatable bonds is 7. The number of nitrogens with zero attached hydrogens (tertiary/aromatic N) is 2. The van der Waals surface area contributed by atoms with Gasteiger partial charge in [-0.15, -0.1) is 0 Å². The average Bonchev–Trinajstić information content (AvgIpc) is 3.15.